The lowest BCUT2D eigenvalue weighted by Gasteiger charge is -2.15. The first-order valence-corrected chi connectivity index (χ1v) is 7.14. The Morgan fingerprint density at radius 2 is 1.83 bits per heavy atom. The zero-order chi connectivity index (χ0) is 13.8. The fraction of sp³-hybridized carbons (Fsp3) is 0.600. The Kier molecular flexibility index (Phi) is 5.00. The standard InChI is InChI=1S/C10H19N5O2S/c1-7(2)4-8(3)15-18(16,17)9-5-12-10(14-11)13-6-9/h5-8,15H,4,11H2,1-3H3,(H,12,13,14). The number of anilines is 1. The molecule has 8 heteroatoms. The van der Waals surface area contributed by atoms with Crippen LogP contribution >= 0.6 is 0 Å². The molecule has 1 aromatic rings. The molecule has 1 aromatic heterocycles. The highest BCUT2D eigenvalue weighted by atomic mass is 32.2. The van der Waals surface area contributed by atoms with Gasteiger partial charge in [-0.3, -0.25) is 5.43 Å². The third-order valence-electron chi connectivity index (χ3n) is 2.25. The molecule has 0 saturated heterocycles. The molecular weight excluding hydrogens is 254 g/mol. The van der Waals surface area contributed by atoms with Crippen LogP contribution in [0.15, 0.2) is 17.3 Å². The van der Waals surface area contributed by atoms with E-state index in [1.807, 2.05) is 20.8 Å². The first kappa shape index (κ1) is 14.8. The van der Waals surface area contributed by atoms with Gasteiger partial charge in [0.1, 0.15) is 4.90 Å². The Labute approximate surface area is 107 Å². The molecule has 18 heavy (non-hydrogen) atoms. The molecule has 7 nitrogen and oxygen atoms in total. The molecule has 0 aliphatic rings. The zero-order valence-corrected chi connectivity index (χ0v) is 11.5. The Morgan fingerprint density at radius 1 is 1.28 bits per heavy atom. The fourth-order valence-electron chi connectivity index (χ4n) is 1.62. The molecule has 0 bridgehead atoms. The average molecular weight is 273 g/mol. The molecule has 1 heterocycles. The van der Waals surface area contributed by atoms with E-state index in [-0.39, 0.29) is 16.9 Å². The summed E-state index contributed by atoms with van der Waals surface area (Å²) in [5.41, 5.74) is 2.24. The maximum atomic E-state index is 12.0. The van der Waals surface area contributed by atoms with Crippen molar-refractivity contribution in [1.29, 1.82) is 0 Å². The van der Waals surface area contributed by atoms with Gasteiger partial charge in [-0.2, -0.15) is 0 Å². The predicted molar refractivity (Wildman–Crippen MR) is 69.1 cm³/mol. The van der Waals surface area contributed by atoms with Crippen molar-refractivity contribution in [2.24, 2.45) is 11.8 Å². The van der Waals surface area contributed by atoms with Crippen LogP contribution in [0.1, 0.15) is 27.2 Å². The molecular formula is C10H19N5O2S. The van der Waals surface area contributed by atoms with E-state index in [1.165, 1.54) is 12.4 Å². The number of aromatic nitrogens is 2. The Hall–Kier alpha value is -1.25. The third-order valence-corrected chi connectivity index (χ3v) is 3.79. The lowest BCUT2D eigenvalue weighted by atomic mass is 10.1. The molecule has 0 aliphatic heterocycles. The summed E-state index contributed by atoms with van der Waals surface area (Å²) in [6.07, 6.45) is 3.20. The first-order valence-electron chi connectivity index (χ1n) is 5.66. The highest BCUT2D eigenvalue weighted by molar-refractivity contribution is 7.89. The monoisotopic (exact) mass is 273 g/mol. The summed E-state index contributed by atoms with van der Waals surface area (Å²) < 4.78 is 26.5. The van der Waals surface area contributed by atoms with Gasteiger partial charge < -0.3 is 0 Å². The molecule has 0 aliphatic carbocycles. The van der Waals surface area contributed by atoms with E-state index in [9.17, 15) is 8.42 Å². The smallest absolute Gasteiger partial charge is 0.243 e. The summed E-state index contributed by atoms with van der Waals surface area (Å²) in [5, 5.41) is 0. The van der Waals surface area contributed by atoms with E-state index in [0.29, 0.717) is 5.92 Å². The topological polar surface area (TPSA) is 110 Å². The second kappa shape index (κ2) is 6.07. The quantitative estimate of drug-likeness (QED) is 0.513. The van der Waals surface area contributed by atoms with Crippen molar-refractivity contribution in [3.05, 3.63) is 12.4 Å². The minimum Gasteiger partial charge on any atom is -0.292 e. The van der Waals surface area contributed by atoms with Crippen molar-refractivity contribution in [2.45, 2.75) is 38.1 Å². The maximum absolute atomic E-state index is 12.0. The van der Waals surface area contributed by atoms with E-state index in [0.717, 1.165) is 6.42 Å². The zero-order valence-electron chi connectivity index (χ0n) is 10.7. The number of sulfonamides is 1. The van der Waals surface area contributed by atoms with Gasteiger partial charge in [0.2, 0.25) is 16.0 Å². The molecule has 4 N–H and O–H groups in total. The molecule has 0 spiro atoms. The summed E-state index contributed by atoms with van der Waals surface area (Å²) in [4.78, 5) is 7.56. The van der Waals surface area contributed by atoms with Crippen molar-refractivity contribution >= 4 is 16.0 Å². The Bertz CT molecular complexity index is 472. The Morgan fingerprint density at radius 3 is 2.28 bits per heavy atom. The molecule has 0 aromatic carbocycles. The van der Waals surface area contributed by atoms with E-state index >= 15 is 0 Å². The summed E-state index contributed by atoms with van der Waals surface area (Å²) >= 11 is 0. The van der Waals surface area contributed by atoms with E-state index < -0.39 is 10.0 Å². The second-order valence-corrected chi connectivity index (χ2v) is 6.25. The van der Waals surface area contributed by atoms with Crippen molar-refractivity contribution < 1.29 is 8.42 Å². The summed E-state index contributed by atoms with van der Waals surface area (Å²) in [6, 6.07) is -0.137. The van der Waals surface area contributed by atoms with Gasteiger partial charge in [0.05, 0.1) is 12.4 Å². The highest BCUT2D eigenvalue weighted by Gasteiger charge is 2.18. The largest absolute Gasteiger partial charge is 0.292 e. The van der Waals surface area contributed by atoms with Crippen molar-refractivity contribution in [3.8, 4) is 0 Å². The molecule has 102 valence electrons. The molecule has 0 saturated carbocycles. The normalized spacial score (nSPS) is 13.6. The van der Waals surface area contributed by atoms with Crippen LogP contribution in [0.5, 0.6) is 0 Å². The number of rotatable bonds is 6. The number of hydrogen-bond donors (Lipinski definition) is 3. The van der Waals surface area contributed by atoms with Crippen LogP contribution < -0.4 is 16.0 Å². The van der Waals surface area contributed by atoms with Gasteiger partial charge >= 0.3 is 0 Å². The van der Waals surface area contributed by atoms with Crippen molar-refractivity contribution in [2.75, 3.05) is 5.43 Å². The first-order chi connectivity index (χ1) is 8.35. The number of nitrogens with zero attached hydrogens (tertiary/aromatic N) is 2. The predicted octanol–water partition coefficient (Wildman–Crippen LogP) is 0.475. The third kappa shape index (κ3) is 4.21. The number of nitrogens with one attached hydrogen (secondary N) is 2. The summed E-state index contributed by atoms with van der Waals surface area (Å²) in [6.45, 7) is 5.90. The number of hydrazine groups is 1. The van der Waals surface area contributed by atoms with Crippen LogP contribution in [0.3, 0.4) is 0 Å². The van der Waals surface area contributed by atoms with Gasteiger partial charge in [0.15, 0.2) is 0 Å². The molecule has 0 radical (unpaired) electrons. The van der Waals surface area contributed by atoms with Gasteiger partial charge in [0.25, 0.3) is 0 Å². The minimum atomic E-state index is -3.57. The van der Waals surface area contributed by atoms with Crippen LogP contribution in [0, 0.1) is 5.92 Å². The van der Waals surface area contributed by atoms with E-state index in [1.54, 1.807) is 0 Å². The SMILES string of the molecule is CC(C)CC(C)NS(=O)(=O)c1cnc(NN)nc1. The number of hydrogen-bond acceptors (Lipinski definition) is 6. The highest BCUT2D eigenvalue weighted by Crippen LogP contribution is 2.10. The lowest BCUT2D eigenvalue weighted by molar-refractivity contribution is 0.482. The maximum Gasteiger partial charge on any atom is 0.243 e. The van der Waals surface area contributed by atoms with Gasteiger partial charge in [0, 0.05) is 6.04 Å². The molecule has 1 rings (SSSR count). The van der Waals surface area contributed by atoms with Crippen LogP contribution in [0.4, 0.5) is 5.95 Å². The van der Waals surface area contributed by atoms with Gasteiger partial charge in [-0.15, -0.1) is 0 Å². The van der Waals surface area contributed by atoms with Crippen LogP contribution in [-0.2, 0) is 10.0 Å². The van der Waals surface area contributed by atoms with Gasteiger partial charge in [-0.05, 0) is 19.3 Å². The van der Waals surface area contributed by atoms with Gasteiger partial charge in [-0.1, -0.05) is 13.8 Å². The average Bonchev–Trinajstić information content (AvgIpc) is 2.27. The minimum absolute atomic E-state index is 0.0251. The Balaban J connectivity index is 2.79. The molecule has 1 unspecified atom stereocenters. The number of nitrogens with two attached hydrogens (primary N) is 1. The second-order valence-electron chi connectivity index (χ2n) is 4.54. The lowest BCUT2D eigenvalue weighted by Crippen LogP contribution is -2.33. The summed E-state index contributed by atoms with van der Waals surface area (Å²) in [5.74, 6) is 5.69. The fourth-order valence-corrected chi connectivity index (χ4v) is 2.76. The van der Waals surface area contributed by atoms with Crippen molar-refractivity contribution in [3.63, 3.8) is 0 Å². The van der Waals surface area contributed by atoms with Crippen LogP contribution in [-0.4, -0.2) is 24.4 Å². The van der Waals surface area contributed by atoms with E-state index in [2.05, 4.69) is 20.1 Å². The summed E-state index contributed by atoms with van der Waals surface area (Å²) in [7, 11) is -3.57. The number of nitrogen functional groups attached to an aromatic ring is 1. The van der Waals surface area contributed by atoms with Gasteiger partial charge in [-0.25, -0.2) is 29.0 Å². The van der Waals surface area contributed by atoms with E-state index in [4.69, 9.17) is 5.84 Å². The van der Waals surface area contributed by atoms with Crippen molar-refractivity contribution in [1.82, 2.24) is 14.7 Å². The van der Waals surface area contributed by atoms with Crippen LogP contribution in [0.2, 0.25) is 0 Å². The van der Waals surface area contributed by atoms with Crippen LogP contribution in [0.25, 0.3) is 0 Å². The molecule has 1 atom stereocenters. The molecule has 0 fully saturated rings. The molecule has 0 amide bonds.